The number of aryl methyl sites for hydroxylation is 1. The summed E-state index contributed by atoms with van der Waals surface area (Å²) in [5.74, 6) is -1.05. The maximum atomic E-state index is 13.3. The number of hydrogen-bond donors (Lipinski definition) is 3. The number of imidazole rings is 1. The summed E-state index contributed by atoms with van der Waals surface area (Å²) in [6.07, 6.45) is 1.33. The lowest BCUT2D eigenvalue weighted by molar-refractivity contribution is -0.138. The van der Waals surface area contributed by atoms with Crippen molar-refractivity contribution in [1.29, 1.82) is 0 Å². The van der Waals surface area contributed by atoms with Gasteiger partial charge in [-0.25, -0.2) is 4.79 Å². The second-order valence-corrected chi connectivity index (χ2v) is 14.0. The number of amides is 3. The molecule has 0 bridgehead atoms. The van der Waals surface area contributed by atoms with Crippen LogP contribution < -0.4 is 27.0 Å². The first-order chi connectivity index (χ1) is 25.4. The highest BCUT2D eigenvalue weighted by molar-refractivity contribution is 6.05. The van der Waals surface area contributed by atoms with E-state index >= 15 is 0 Å². The zero-order valence-corrected chi connectivity index (χ0v) is 29.1. The molecular weight excluding hydrogens is 691 g/mol. The molecule has 1 aromatic heterocycles. The van der Waals surface area contributed by atoms with Crippen LogP contribution in [0, 0.1) is 5.92 Å². The van der Waals surface area contributed by atoms with Crippen molar-refractivity contribution >= 4 is 52.0 Å². The molecule has 12 nitrogen and oxygen atoms in total. The number of nitrogens with zero attached hydrogens (tertiary/aromatic N) is 4. The molecule has 53 heavy (non-hydrogen) atoms. The van der Waals surface area contributed by atoms with Crippen LogP contribution in [0.2, 0.25) is 0 Å². The zero-order chi connectivity index (χ0) is 37.4. The third-order valence-electron chi connectivity index (χ3n) is 10.4. The molecule has 7 rings (SSSR count). The maximum Gasteiger partial charge on any atom is 0.416 e. The molecule has 1 unspecified atom stereocenters. The number of piperidine rings is 1. The van der Waals surface area contributed by atoms with Gasteiger partial charge in [-0.1, -0.05) is 12.1 Å². The molecule has 3 heterocycles. The van der Waals surface area contributed by atoms with Crippen LogP contribution in [0.3, 0.4) is 0 Å². The number of nitrogens with one attached hydrogen (secondary N) is 2. The van der Waals surface area contributed by atoms with Crippen molar-refractivity contribution in [2.24, 2.45) is 18.0 Å². The van der Waals surface area contributed by atoms with Gasteiger partial charge in [0.1, 0.15) is 6.04 Å². The Balaban J connectivity index is 0.891. The van der Waals surface area contributed by atoms with Crippen molar-refractivity contribution in [2.45, 2.75) is 62.9 Å². The van der Waals surface area contributed by atoms with Crippen molar-refractivity contribution < 1.29 is 32.3 Å². The minimum atomic E-state index is -4.55. The van der Waals surface area contributed by atoms with E-state index in [0.717, 1.165) is 49.0 Å². The number of carbonyl (C=O) groups is 3. The summed E-state index contributed by atoms with van der Waals surface area (Å²) in [6, 6.07) is 14.2. The number of rotatable bonds is 9. The van der Waals surface area contributed by atoms with Gasteiger partial charge in [-0.05, 0) is 86.6 Å². The van der Waals surface area contributed by atoms with E-state index in [1.165, 1.54) is 16.7 Å². The van der Waals surface area contributed by atoms with Crippen LogP contribution in [0.4, 0.5) is 30.2 Å². The number of nitrogen functional groups attached to an aromatic ring is 1. The summed E-state index contributed by atoms with van der Waals surface area (Å²) in [4.78, 5) is 57.2. The van der Waals surface area contributed by atoms with E-state index in [1.807, 2.05) is 18.2 Å². The topological polar surface area (TPSA) is 153 Å². The molecule has 3 fully saturated rings. The number of aromatic nitrogens is 2. The third-order valence-corrected chi connectivity index (χ3v) is 10.4. The monoisotopic (exact) mass is 731 g/mol. The first-order valence-electron chi connectivity index (χ1n) is 17.7. The maximum absolute atomic E-state index is 13.3. The molecule has 2 aliphatic heterocycles. The van der Waals surface area contributed by atoms with Gasteiger partial charge in [0.25, 0.3) is 5.91 Å². The molecule has 15 heteroatoms. The summed E-state index contributed by atoms with van der Waals surface area (Å²) >= 11 is 0. The molecule has 1 saturated carbocycles. The van der Waals surface area contributed by atoms with Gasteiger partial charge in [0.2, 0.25) is 11.8 Å². The van der Waals surface area contributed by atoms with Gasteiger partial charge in [0.15, 0.2) is 0 Å². The normalized spacial score (nSPS) is 21.2. The van der Waals surface area contributed by atoms with Crippen molar-refractivity contribution in [3.05, 3.63) is 87.8 Å². The second-order valence-electron chi connectivity index (χ2n) is 14.0. The largest absolute Gasteiger partial charge is 0.416 e. The van der Waals surface area contributed by atoms with E-state index in [2.05, 4.69) is 15.5 Å². The number of hydrogen-bond acceptors (Lipinski definition) is 8. The fraction of sp³-hybridized carbons (Fsp3) is 0.395. The third kappa shape index (κ3) is 7.56. The Bertz CT molecular complexity index is 2150. The van der Waals surface area contributed by atoms with Crippen molar-refractivity contribution in [2.75, 3.05) is 35.6 Å². The lowest BCUT2D eigenvalue weighted by atomic mass is 9.87. The number of ether oxygens (including phenoxy) is 1. The molecule has 2 saturated heterocycles. The molecule has 0 radical (unpaired) electrons. The molecule has 3 amide bonds. The average Bonchev–Trinajstić information content (AvgIpc) is 3.37. The molecule has 3 aliphatic rings. The van der Waals surface area contributed by atoms with E-state index in [0.29, 0.717) is 48.1 Å². The molecule has 1 atom stereocenters. The predicted molar refractivity (Wildman–Crippen MR) is 194 cm³/mol. The first-order valence-corrected chi connectivity index (χ1v) is 17.7. The number of benzene rings is 3. The lowest BCUT2D eigenvalue weighted by Gasteiger charge is -2.41. The lowest BCUT2D eigenvalue weighted by Crippen LogP contribution is -2.53. The Labute approximate surface area is 302 Å². The van der Waals surface area contributed by atoms with Gasteiger partial charge < -0.3 is 20.7 Å². The summed E-state index contributed by atoms with van der Waals surface area (Å²) in [5.41, 5.74) is 8.63. The van der Waals surface area contributed by atoms with Crippen LogP contribution in [0.1, 0.15) is 66.1 Å². The molecule has 0 spiro atoms. The molecule has 4 aromatic rings. The smallest absolute Gasteiger partial charge is 0.398 e. The Morgan fingerprint density at radius 2 is 1.77 bits per heavy atom. The molecular formula is C38H40F3N7O5. The summed E-state index contributed by atoms with van der Waals surface area (Å²) < 4.78 is 48.6. The van der Waals surface area contributed by atoms with Crippen molar-refractivity contribution in [1.82, 2.24) is 14.5 Å². The highest BCUT2D eigenvalue weighted by Gasteiger charge is 2.35. The van der Waals surface area contributed by atoms with Crippen LogP contribution in [0.25, 0.3) is 11.0 Å². The first kappa shape index (κ1) is 35.9. The standard InChI is InChI=1S/C38H40F3N7O5/c1-46-34-30(6-3-7-31(34)48(37(46)52)32-14-15-33(49)45-36(32)51)47-19-28(20-47)53-21-22-8-10-26(11-9-22)43-18-24-17-27(12-13-29(24)42)44-35(50)23-4-2-5-25(16-23)38(39,40)41/h2-7,12-13,16-18,22,26,28,32H,8-11,14-15,19-21,42H2,1H3,(H,44,50)(H,45,49,51). The van der Waals surface area contributed by atoms with E-state index in [-0.39, 0.29) is 42.1 Å². The quantitative estimate of drug-likeness (QED) is 0.124. The Hall–Kier alpha value is -5.44. The van der Waals surface area contributed by atoms with Crippen molar-refractivity contribution in [3.8, 4) is 0 Å². The average molecular weight is 732 g/mol. The number of halogens is 3. The number of fused-ring (bicyclic) bond motifs is 1. The Morgan fingerprint density at radius 1 is 1.02 bits per heavy atom. The minimum absolute atomic E-state index is 0.0552. The number of para-hydroxylation sites is 1. The van der Waals surface area contributed by atoms with Gasteiger partial charge in [-0.2, -0.15) is 13.2 Å². The second kappa shape index (κ2) is 14.5. The Morgan fingerprint density at radius 3 is 2.51 bits per heavy atom. The number of aliphatic imine (C=N–C) groups is 1. The highest BCUT2D eigenvalue weighted by atomic mass is 19.4. The summed E-state index contributed by atoms with van der Waals surface area (Å²) in [5, 5.41) is 4.99. The van der Waals surface area contributed by atoms with E-state index < -0.39 is 29.6 Å². The van der Waals surface area contributed by atoms with Crippen molar-refractivity contribution in [3.63, 3.8) is 0 Å². The number of anilines is 3. The predicted octanol–water partition coefficient (Wildman–Crippen LogP) is 5.05. The minimum Gasteiger partial charge on any atom is -0.398 e. The SMILES string of the molecule is Cn1c(=O)n(C2CCC(=O)NC2=O)c2cccc(N3CC(OCC4CCC(N=Cc5cc(NC(=O)c6cccc(C(F)(F)F)c6)ccc5N)CC4)C3)c21. The van der Waals surface area contributed by atoms with Gasteiger partial charge in [0, 0.05) is 67.9 Å². The van der Waals surface area contributed by atoms with E-state index in [4.69, 9.17) is 15.5 Å². The van der Waals surface area contributed by atoms with E-state index in [9.17, 15) is 32.3 Å². The van der Waals surface area contributed by atoms with Crippen LogP contribution in [-0.2, 0) is 27.5 Å². The Kier molecular flexibility index (Phi) is 9.85. The van der Waals surface area contributed by atoms with E-state index in [1.54, 1.807) is 36.0 Å². The molecule has 1 aliphatic carbocycles. The fourth-order valence-corrected chi connectivity index (χ4v) is 7.37. The molecule has 3 aromatic carbocycles. The molecule has 4 N–H and O–H groups in total. The summed E-state index contributed by atoms with van der Waals surface area (Å²) in [7, 11) is 1.70. The van der Waals surface area contributed by atoms with Crippen LogP contribution in [0.15, 0.2) is 70.5 Å². The fourth-order valence-electron chi connectivity index (χ4n) is 7.37. The van der Waals surface area contributed by atoms with Crippen LogP contribution in [0.5, 0.6) is 0 Å². The molecule has 278 valence electrons. The van der Waals surface area contributed by atoms with Crippen LogP contribution >= 0.6 is 0 Å². The van der Waals surface area contributed by atoms with Gasteiger partial charge in [-0.15, -0.1) is 0 Å². The van der Waals surface area contributed by atoms with Gasteiger partial charge in [0.05, 0.1) is 28.4 Å². The number of carbonyl (C=O) groups excluding carboxylic acids is 3. The zero-order valence-electron chi connectivity index (χ0n) is 29.1. The number of nitrogens with two attached hydrogens (primary N) is 1. The number of imide groups is 1. The van der Waals surface area contributed by atoms with Gasteiger partial charge >= 0.3 is 11.9 Å². The summed E-state index contributed by atoms with van der Waals surface area (Å²) in [6.45, 7) is 2.00. The number of alkyl halides is 3. The van der Waals surface area contributed by atoms with Gasteiger partial charge in [-0.3, -0.25) is 33.8 Å². The van der Waals surface area contributed by atoms with Crippen LogP contribution in [-0.4, -0.2) is 64.9 Å². The highest BCUT2D eigenvalue weighted by Crippen LogP contribution is 2.34.